The first-order chi connectivity index (χ1) is 15.5. The number of carbonyl (C=O) groups excluding carboxylic acids is 1. The van der Waals surface area contributed by atoms with E-state index in [0.717, 1.165) is 11.1 Å². The van der Waals surface area contributed by atoms with E-state index in [4.69, 9.17) is 25.5 Å². The van der Waals surface area contributed by atoms with Crippen LogP contribution in [0.1, 0.15) is 39.7 Å². The number of nitrogens with zero attached hydrogens (tertiary/aromatic N) is 1. The first kappa shape index (κ1) is 22.1. The first-order valence-electron chi connectivity index (χ1n) is 10.4. The fourth-order valence-electron chi connectivity index (χ4n) is 4.03. The number of methoxy groups -OCH3 is 1. The van der Waals surface area contributed by atoms with Crippen molar-refractivity contribution < 1.29 is 18.7 Å². The standard InChI is InChI=1S/C25H24ClNO5/c1-4-10-31-17-8-5-7-16(13-17)22-21-23(28)18-14-19(26)15(2)12-20(18)32-24(21)25(29)27(22)9-6-11-30-3/h4-5,7-8,12-14,22H,1,6,9-11H2,2-3H3. The molecule has 166 valence electrons. The normalized spacial score (nSPS) is 15.3. The van der Waals surface area contributed by atoms with E-state index < -0.39 is 6.04 Å². The van der Waals surface area contributed by atoms with Crippen LogP contribution in [0.5, 0.6) is 5.75 Å². The molecule has 0 aliphatic carbocycles. The zero-order valence-electron chi connectivity index (χ0n) is 18.0. The highest BCUT2D eigenvalue weighted by Gasteiger charge is 2.42. The van der Waals surface area contributed by atoms with Crippen molar-refractivity contribution in [3.8, 4) is 5.75 Å². The number of hydrogen-bond donors (Lipinski definition) is 0. The van der Waals surface area contributed by atoms with Crippen molar-refractivity contribution in [2.75, 3.05) is 26.9 Å². The molecule has 6 nitrogen and oxygen atoms in total. The molecule has 0 spiro atoms. The maximum Gasteiger partial charge on any atom is 0.290 e. The second-order valence-corrected chi connectivity index (χ2v) is 8.10. The Bertz CT molecular complexity index is 1250. The average molecular weight is 454 g/mol. The molecule has 1 aliphatic rings. The lowest BCUT2D eigenvalue weighted by atomic mass is 9.98. The van der Waals surface area contributed by atoms with Crippen molar-refractivity contribution in [2.24, 2.45) is 0 Å². The van der Waals surface area contributed by atoms with E-state index in [1.54, 1.807) is 30.2 Å². The number of aryl methyl sites for hydroxylation is 1. The number of amides is 1. The molecule has 3 aromatic rings. The van der Waals surface area contributed by atoms with E-state index in [1.165, 1.54) is 0 Å². The van der Waals surface area contributed by atoms with Crippen LogP contribution in [0.2, 0.25) is 5.02 Å². The summed E-state index contributed by atoms with van der Waals surface area (Å²) >= 11 is 6.28. The average Bonchev–Trinajstić information content (AvgIpc) is 3.06. The first-order valence-corrected chi connectivity index (χ1v) is 10.7. The number of rotatable bonds is 8. The minimum Gasteiger partial charge on any atom is -0.490 e. The van der Waals surface area contributed by atoms with Crippen LogP contribution in [0, 0.1) is 6.92 Å². The second-order valence-electron chi connectivity index (χ2n) is 7.69. The summed E-state index contributed by atoms with van der Waals surface area (Å²) in [7, 11) is 1.61. The van der Waals surface area contributed by atoms with Crippen LogP contribution in [0.15, 0.2) is 58.3 Å². The Kier molecular flexibility index (Phi) is 6.35. The highest BCUT2D eigenvalue weighted by Crippen LogP contribution is 2.39. The van der Waals surface area contributed by atoms with E-state index in [9.17, 15) is 9.59 Å². The van der Waals surface area contributed by atoms with Crippen molar-refractivity contribution >= 4 is 28.5 Å². The summed E-state index contributed by atoms with van der Waals surface area (Å²) in [6, 6.07) is 10.1. The number of hydrogen-bond acceptors (Lipinski definition) is 5. The van der Waals surface area contributed by atoms with Gasteiger partial charge in [-0.05, 0) is 48.7 Å². The van der Waals surface area contributed by atoms with Gasteiger partial charge in [0.05, 0.1) is 17.0 Å². The molecule has 0 radical (unpaired) electrons. The molecule has 0 saturated carbocycles. The van der Waals surface area contributed by atoms with Gasteiger partial charge in [-0.1, -0.05) is 36.4 Å². The summed E-state index contributed by atoms with van der Waals surface area (Å²) in [5.74, 6) is 0.387. The lowest BCUT2D eigenvalue weighted by molar-refractivity contribution is 0.0707. The molecule has 0 saturated heterocycles. The minimum atomic E-state index is -0.595. The van der Waals surface area contributed by atoms with Gasteiger partial charge in [0.1, 0.15) is 17.9 Å². The molecule has 4 rings (SSSR count). The molecule has 2 heterocycles. The van der Waals surface area contributed by atoms with Crippen LogP contribution >= 0.6 is 11.6 Å². The third-order valence-corrected chi connectivity index (χ3v) is 5.94. The molecule has 2 aromatic carbocycles. The summed E-state index contributed by atoms with van der Waals surface area (Å²) < 4.78 is 16.8. The van der Waals surface area contributed by atoms with E-state index in [2.05, 4.69) is 6.58 Å². The van der Waals surface area contributed by atoms with Gasteiger partial charge in [0.2, 0.25) is 5.76 Å². The zero-order chi connectivity index (χ0) is 22.8. The van der Waals surface area contributed by atoms with Gasteiger partial charge in [0.25, 0.3) is 5.91 Å². The Morgan fingerprint density at radius 1 is 1.25 bits per heavy atom. The van der Waals surface area contributed by atoms with Gasteiger partial charge < -0.3 is 18.8 Å². The van der Waals surface area contributed by atoms with Gasteiger partial charge in [0, 0.05) is 25.3 Å². The topological polar surface area (TPSA) is 69.0 Å². The predicted octanol–water partition coefficient (Wildman–Crippen LogP) is 4.90. The SMILES string of the molecule is C=CCOc1cccc(C2c3c(oc4cc(C)c(Cl)cc4c3=O)C(=O)N2CCCOC)c1. The van der Waals surface area contributed by atoms with Gasteiger partial charge >= 0.3 is 0 Å². The molecule has 1 atom stereocenters. The highest BCUT2D eigenvalue weighted by molar-refractivity contribution is 6.32. The van der Waals surface area contributed by atoms with Crippen LogP contribution in [0.25, 0.3) is 11.0 Å². The van der Waals surface area contributed by atoms with Crippen molar-refractivity contribution in [3.05, 3.63) is 86.7 Å². The molecule has 0 N–H and O–H groups in total. The highest BCUT2D eigenvalue weighted by atomic mass is 35.5. The van der Waals surface area contributed by atoms with Crippen molar-refractivity contribution in [2.45, 2.75) is 19.4 Å². The van der Waals surface area contributed by atoms with E-state index in [1.807, 2.05) is 31.2 Å². The summed E-state index contributed by atoms with van der Waals surface area (Å²) in [5, 5.41) is 0.831. The maximum absolute atomic E-state index is 13.6. The summed E-state index contributed by atoms with van der Waals surface area (Å²) in [6.45, 7) is 6.75. The van der Waals surface area contributed by atoms with Gasteiger partial charge in [-0.15, -0.1) is 0 Å². The Hall–Kier alpha value is -3.09. The summed E-state index contributed by atoms with van der Waals surface area (Å²) in [5.41, 5.74) is 1.95. The second kappa shape index (κ2) is 9.18. The summed E-state index contributed by atoms with van der Waals surface area (Å²) in [4.78, 5) is 28.6. The van der Waals surface area contributed by atoms with Gasteiger partial charge in [-0.3, -0.25) is 9.59 Å². The molecule has 1 amide bonds. The molecule has 7 heteroatoms. The van der Waals surface area contributed by atoms with Crippen LogP contribution in [-0.4, -0.2) is 37.7 Å². The van der Waals surface area contributed by atoms with E-state index in [-0.39, 0.29) is 17.1 Å². The summed E-state index contributed by atoms with van der Waals surface area (Å²) in [6.07, 6.45) is 2.28. The number of carbonyl (C=O) groups is 1. The van der Waals surface area contributed by atoms with Crippen LogP contribution in [0.3, 0.4) is 0 Å². The van der Waals surface area contributed by atoms with Gasteiger partial charge in [-0.25, -0.2) is 0 Å². The van der Waals surface area contributed by atoms with Crippen LogP contribution < -0.4 is 10.2 Å². The molecule has 32 heavy (non-hydrogen) atoms. The quantitative estimate of drug-likeness (QED) is 0.358. The van der Waals surface area contributed by atoms with Crippen LogP contribution in [0.4, 0.5) is 0 Å². The molecule has 0 bridgehead atoms. The Labute approximate surface area is 191 Å². The molecular formula is C25H24ClNO5. The number of halogens is 1. The third kappa shape index (κ3) is 3.92. The Balaban J connectivity index is 1.89. The van der Waals surface area contributed by atoms with Crippen LogP contribution in [-0.2, 0) is 4.74 Å². The lowest BCUT2D eigenvalue weighted by Crippen LogP contribution is -2.31. The van der Waals surface area contributed by atoms with Gasteiger partial charge in [-0.2, -0.15) is 0 Å². The largest absolute Gasteiger partial charge is 0.490 e. The van der Waals surface area contributed by atoms with Gasteiger partial charge in [0.15, 0.2) is 5.43 Å². The number of ether oxygens (including phenoxy) is 2. The number of fused-ring (bicyclic) bond motifs is 2. The van der Waals surface area contributed by atoms with E-state index in [0.29, 0.717) is 53.5 Å². The molecule has 0 fully saturated rings. The Morgan fingerprint density at radius 3 is 2.81 bits per heavy atom. The number of benzene rings is 2. The smallest absolute Gasteiger partial charge is 0.290 e. The molecular weight excluding hydrogens is 430 g/mol. The van der Waals surface area contributed by atoms with Crippen molar-refractivity contribution in [3.63, 3.8) is 0 Å². The Morgan fingerprint density at radius 2 is 2.06 bits per heavy atom. The maximum atomic E-state index is 13.6. The molecule has 1 aromatic heterocycles. The zero-order valence-corrected chi connectivity index (χ0v) is 18.8. The molecule has 1 aliphatic heterocycles. The molecule has 1 unspecified atom stereocenters. The minimum absolute atomic E-state index is 0.0732. The fraction of sp³-hybridized carbons (Fsp3) is 0.280. The van der Waals surface area contributed by atoms with Crippen molar-refractivity contribution in [1.29, 1.82) is 0 Å². The van der Waals surface area contributed by atoms with Crippen molar-refractivity contribution in [1.82, 2.24) is 4.90 Å². The van der Waals surface area contributed by atoms with E-state index >= 15 is 0 Å². The third-order valence-electron chi connectivity index (χ3n) is 5.54. The monoisotopic (exact) mass is 453 g/mol. The predicted molar refractivity (Wildman–Crippen MR) is 124 cm³/mol. The lowest BCUT2D eigenvalue weighted by Gasteiger charge is -2.25. The fourth-order valence-corrected chi connectivity index (χ4v) is 4.19.